The zero-order valence-electron chi connectivity index (χ0n) is 11.2. The second-order valence-electron chi connectivity index (χ2n) is 4.99. The quantitative estimate of drug-likeness (QED) is 0.852. The van der Waals surface area contributed by atoms with Crippen molar-refractivity contribution in [2.75, 3.05) is 19.6 Å². The summed E-state index contributed by atoms with van der Waals surface area (Å²) in [6.07, 6.45) is 5.02. The molecule has 0 aliphatic carbocycles. The van der Waals surface area contributed by atoms with Gasteiger partial charge in [0.15, 0.2) is 0 Å². The summed E-state index contributed by atoms with van der Waals surface area (Å²) in [5.41, 5.74) is 0. The van der Waals surface area contributed by atoms with Crippen molar-refractivity contribution < 1.29 is 0 Å². The van der Waals surface area contributed by atoms with Crippen LogP contribution in [0.4, 0.5) is 0 Å². The fourth-order valence-electron chi connectivity index (χ4n) is 2.43. The molecule has 1 atom stereocenters. The van der Waals surface area contributed by atoms with Gasteiger partial charge in [-0.1, -0.05) is 12.1 Å². The van der Waals surface area contributed by atoms with Gasteiger partial charge < -0.3 is 5.32 Å². The molecule has 1 unspecified atom stereocenters. The third-order valence-corrected chi connectivity index (χ3v) is 4.85. The molecule has 1 N–H and O–H groups in total. The lowest BCUT2D eigenvalue weighted by molar-refractivity contribution is 0.394. The summed E-state index contributed by atoms with van der Waals surface area (Å²) >= 11 is 1.88. The van der Waals surface area contributed by atoms with Crippen molar-refractivity contribution in [1.82, 2.24) is 14.6 Å². The molecule has 3 rings (SSSR count). The summed E-state index contributed by atoms with van der Waals surface area (Å²) in [6.45, 7) is 5.62. The molecular weight excluding hydrogens is 254 g/mol. The molecule has 1 fully saturated rings. The minimum Gasteiger partial charge on any atom is -0.315 e. The smallest absolute Gasteiger partial charge is 0.0346 e. The van der Waals surface area contributed by atoms with Crippen LogP contribution in [0.2, 0.25) is 0 Å². The van der Waals surface area contributed by atoms with E-state index in [1.54, 1.807) is 0 Å². The standard InChI is InChI=1S/C15H19N3S/c1-12-10-16-7-3-9-18(12)19-15-5-2-4-13-11-17-8-6-14(13)15/h2,4-6,8,11-12,16H,3,7,9-10H2,1H3. The number of aromatic nitrogens is 1. The van der Waals surface area contributed by atoms with Gasteiger partial charge in [-0.2, -0.15) is 0 Å². The van der Waals surface area contributed by atoms with Crippen LogP contribution < -0.4 is 5.32 Å². The summed E-state index contributed by atoms with van der Waals surface area (Å²) in [5.74, 6) is 0. The molecule has 100 valence electrons. The topological polar surface area (TPSA) is 28.2 Å². The maximum Gasteiger partial charge on any atom is 0.0346 e. The first-order chi connectivity index (χ1) is 9.34. The number of hydrogen-bond acceptors (Lipinski definition) is 4. The minimum atomic E-state index is 0.560. The fraction of sp³-hybridized carbons (Fsp3) is 0.400. The van der Waals surface area contributed by atoms with E-state index in [9.17, 15) is 0 Å². The van der Waals surface area contributed by atoms with Crippen LogP contribution in [0.15, 0.2) is 41.6 Å². The third-order valence-electron chi connectivity index (χ3n) is 3.52. The summed E-state index contributed by atoms with van der Waals surface area (Å²) in [4.78, 5) is 5.53. The van der Waals surface area contributed by atoms with Gasteiger partial charge in [0, 0.05) is 41.8 Å². The van der Waals surface area contributed by atoms with Gasteiger partial charge in [0.25, 0.3) is 0 Å². The Morgan fingerprint density at radius 3 is 3.26 bits per heavy atom. The van der Waals surface area contributed by atoms with Crippen molar-refractivity contribution in [3.63, 3.8) is 0 Å². The van der Waals surface area contributed by atoms with Gasteiger partial charge in [-0.25, -0.2) is 4.31 Å². The lowest BCUT2D eigenvalue weighted by Gasteiger charge is -2.25. The van der Waals surface area contributed by atoms with E-state index in [0.29, 0.717) is 6.04 Å². The van der Waals surface area contributed by atoms with Gasteiger partial charge in [0.2, 0.25) is 0 Å². The van der Waals surface area contributed by atoms with Gasteiger partial charge in [0.05, 0.1) is 0 Å². The van der Waals surface area contributed by atoms with E-state index in [1.807, 2.05) is 24.3 Å². The molecule has 0 radical (unpaired) electrons. The lowest BCUT2D eigenvalue weighted by atomic mass is 10.2. The summed E-state index contributed by atoms with van der Waals surface area (Å²) in [6, 6.07) is 9.12. The Morgan fingerprint density at radius 2 is 2.32 bits per heavy atom. The molecule has 2 aromatic rings. The van der Waals surface area contributed by atoms with Crippen molar-refractivity contribution in [1.29, 1.82) is 0 Å². The molecule has 1 aliphatic rings. The van der Waals surface area contributed by atoms with Crippen LogP contribution in [0.1, 0.15) is 13.3 Å². The SMILES string of the molecule is CC1CNCCCN1Sc1cccc2cnccc12. The second kappa shape index (κ2) is 5.90. The predicted octanol–water partition coefficient (Wildman–Crippen LogP) is 2.93. The summed E-state index contributed by atoms with van der Waals surface area (Å²) < 4.78 is 2.50. The van der Waals surface area contributed by atoms with Gasteiger partial charge in [-0.3, -0.25) is 4.98 Å². The summed E-state index contributed by atoms with van der Waals surface area (Å²) in [7, 11) is 0. The van der Waals surface area contributed by atoms with E-state index in [-0.39, 0.29) is 0 Å². The molecule has 0 spiro atoms. The van der Waals surface area contributed by atoms with Crippen molar-refractivity contribution in [3.8, 4) is 0 Å². The minimum absolute atomic E-state index is 0.560. The van der Waals surface area contributed by atoms with Crippen LogP contribution in [-0.4, -0.2) is 35.0 Å². The molecule has 0 bridgehead atoms. The van der Waals surface area contributed by atoms with Gasteiger partial charge >= 0.3 is 0 Å². The van der Waals surface area contributed by atoms with E-state index in [0.717, 1.165) is 19.6 Å². The highest BCUT2D eigenvalue weighted by Gasteiger charge is 2.18. The van der Waals surface area contributed by atoms with Crippen LogP contribution in [0, 0.1) is 0 Å². The molecular formula is C15H19N3S. The first-order valence-electron chi connectivity index (χ1n) is 6.82. The molecule has 1 aromatic carbocycles. The first kappa shape index (κ1) is 12.9. The predicted molar refractivity (Wildman–Crippen MR) is 81.3 cm³/mol. The Hall–Kier alpha value is -1.10. The number of nitrogens with zero attached hydrogens (tertiary/aromatic N) is 2. The average Bonchev–Trinajstić information content (AvgIpc) is 2.65. The van der Waals surface area contributed by atoms with E-state index in [4.69, 9.17) is 0 Å². The Labute approximate surface area is 118 Å². The number of pyridine rings is 1. The zero-order valence-corrected chi connectivity index (χ0v) is 12.0. The van der Waals surface area contributed by atoms with Gasteiger partial charge in [0.1, 0.15) is 0 Å². The van der Waals surface area contributed by atoms with E-state index < -0.39 is 0 Å². The molecule has 1 aromatic heterocycles. The van der Waals surface area contributed by atoms with Crippen molar-refractivity contribution in [2.24, 2.45) is 0 Å². The lowest BCUT2D eigenvalue weighted by Crippen LogP contribution is -2.32. The molecule has 4 heteroatoms. The number of rotatable bonds is 2. The number of benzene rings is 1. The Morgan fingerprint density at radius 1 is 1.37 bits per heavy atom. The Kier molecular flexibility index (Phi) is 4.01. The highest BCUT2D eigenvalue weighted by Crippen LogP contribution is 2.31. The van der Waals surface area contributed by atoms with Crippen LogP contribution in [0.5, 0.6) is 0 Å². The number of fused-ring (bicyclic) bond motifs is 1. The van der Waals surface area contributed by atoms with Gasteiger partial charge in [-0.05, 0) is 49.4 Å². The molecule has 0 saturated carbocycles. The maximum atomic E-state index is 4.20. The van der Waals surface area contributed by atoms with Crippen LogP contribution in [0.3, 0.4) is 0 Å². The van der Waals surface area contributed by atoms with Crippen LogP contribution in [-0.2, 0) is 0 Å². The Bertz CT molecular complexity index is 553. The molecule has 2 heterocycles. The normalized spacial score (nSPS) is 21.4. The highest BCUT2D eigenvalue weighted by atomic mass is 32.2. The van der Waals surface area contributed by atoms with Crippen molar-refractivity contribution >= 4 is 22.7 Å². The maximum absolute atomic E-state index is 4.20. The molecule has 19 heavy (non-hydrogen) atoms. The zero-order chi connectivity index (χ0) is 13.1. The van der Waals surface area contributed by atoms with E-state index in [1.165, 1.54) is 22.1 Å². The number of nitrogens with one attached hydrogen (secondary N) is 1. The molecule has 1 aliphatic heterocycles. The fourth-order valence-corrected chi connectivity index (χ4v) is 3.58. The average molecular weight is 273 g/mol. The summed E-state index contributed by atoms with van der Waals surface area (Å²) in [5, 5.41) is 6.00. The highest BCUT2D eigenvalue weighted by molar-refractivity contribution is 7.97. The van der Waals surface area contributed by atoms with Crippen LogP contribution >= 0.6 is 11.9 Å². The largest absolute Gasteiger partial charge is 0.315 e. The number of hydrogen-bond donors (Lipinski definition) is 1. The van der Waals surface area contributed by atoms with E-state index in [2.05, 4.69) is 45.8 Å². The van der Waals surface area contributed by atoms with E-state index >= 15 is 0 Å². The van der Waals surface area contributed by atoms with Crippen molar-refractivity contribution in [3.05, 3.63) is 36.7 Å². The molecule has 1 saturated heterocycles. The third kappa shape index (κ3) is 2.91. The van der Waals surface area contributed by atoms with Crippen molar-refractivity contribution in [2.45, 2.75) is 24.3 Å². The monoisotopic (exact) mass is 273 g/mol. The van der Waals surface area contributed by atoms with Gasteiger partial charge in [-0.15, -0.1) is 0 Å². The Balaban J connectivity index is 1.88. The first-order valence-corrected chi connectivity index (χ1v) is 7.60. The molecule has 3 nitrogen and oxygen atoms in total. The molecule has 0 amide bonds. The van der Waals surface area contributed by atoms with Crippen LogP contribution in [0.25, 0.3) is 10.8 Å². The second-order valence-corrected chi connectivity index (χ2v) is 6.08.